The molecule has 0 radical (unpaired) electrons. The number of hydrogen-bond acceptors (Lipinski definition) is 4. The van der Waals surface area contributed by atoms with Gasteiger partial charge in [0.15, 0.2) is 0 Å². The fourth-order valence-electron chi connectivity index (χ4n) is 2.87. The van der Waals surface area contributed by atoms with Crippen LogP contribution in [-0.4, -0.2) is 33.5 Å². The molecule has 0 spiro atoms. The lowest BCUT2D eigenvalue weighted by Gasteiger charge is -2.21. The third-order valence-electron chi connectivity index (χ3n) is 3.86. The molecule has 2 rings (SSSR count). The smallest absolute Gasteiger partial charge is 0.246 e. The van der Waals surface area contributed by atoms with Gasteiger partial charge in [0.2, 0.25) is 5.91 Å². The zero-order valence-electron chi connectivity index (χ0n) is 14.1. The van der Waals surface area contributed by atoms with E-state index in [1.165, 1.54) is 12.1 Å². The van der Waals surface area contributed by atoms with Crippen LogP contribution in [0.4, 0.5) is 0 Å². The lowest BCUT2D eigenvalue weighted by Crippen LogP contribution is -2.33. The maximum absolute atomic E-state index is 11.8. The Labute approximate surface area is 132 Å². The topological polar surface area (TPSA) is 69.0 Å². The third-order valence-corrected chi connectivity index (χ3v) is 3.86. The summed E-state index contributed by atoms with van der Waals surface area (Å²) >= 11 is 0. The Bertz CT molecular complexity index is 496. The number of amides is 1. The van der Waals surface area contributed by atoms with Gasteiger partial charge in [-0.1, -0.05) is 18.1 Å². The van der Waals surface area contributed by atoms with Crippen molar-refractivity contribution in [1.29, 1.82) is 0 Å². The van der Waals surface area contributed by atoms with Gasteiger partial charge in [-0.25, -0.2) is 4.68 Å². The van der Waals surface area contributed by atoms with E-state index in [2.05, 4.69) is 29.5 Å². The van der Waals surface area contributed by atoms with Gasteiger partial charge in [0.1, 0.15) is 18.4 Å². The van der Waals surface area contributed by atoms with Gasteiger partial charge in [-0.2, -0.15) is 0 Å². The summed E-state index contributed by atoms with van der Waals surface area (Å²) < 4.78 is 7.86. The lowest BCUT2D eigenvalue weighted by molar-refractivity contribution is -0.128. The quantitative estimate of drug-likeness (QED) is 0.907. The molecule has 1 aliphatic rings. The standard InChI is InChI=1S/C16H28N4O2/c1-11(2)17-15(21)10-22-14-9-7-5-6-8-13-16(14)18-19-20(13)12(3)4/h11-12,14H,5-10H2,1-4H3,(H,17,21). The molecule has 0 aliphatic heterocycles. The number of ether oxygens (including phenoxy) is 1. The van der Waals surface area contributed by atoms with Crippen LogP contribution >= 0.6 is 0 Å². The number of nitrogens with one attached hydrogen (secondary N) is 1. The minimum atomic E-state index is -0.124. The van der Waals surface area contributed by atoms with Gasteiger partial charge >= 0.3 is 0 Å². The van der Waals surface area contributed by atoms with Crippen LogP contribution in [0.2, 0.25) is 0 Å². The Morgan fingerprint density at radius 2 is 2.09 bits per heavy atom. The minimum Gasteiger partial charge on any atom is -0.362 e. The van der Waals surface area contributed by atoms with Gasteiger partial charge < -0.3 is 10.1 Å². The Kier molecular flexibility index (Phi) is 5.94. The number of carbonyl (C=O) groups is 1. The molecule has 1 heterocycles. The van der Waals surface area contributed by atoms with E-state index in [1.807, 2.05) is 18.5 Å². The molecule has 1 amide bonds. The van der Waals surface area contributed by atoms with Gasteiger partial charge in [-0.05, 0) is 47.0 Å². The normalized spacial score (nSPS) is 18.9. The molecule has 6 heteroatoms. The Morgan fingerprint density at radius 1 is 1.32 bits per heavy atom. The van der Waals surface area contributed by atoms with Crippen molar-refractivity contribution < 1.29 is 9.53 Å². The molecular weight excluding hydrogens is 280 g/mol. The van der Waals surface area contributed by atoms with Crippen molar-refractivity contribution in [3.63, 3.8) is 0 Å². The van der Waals surface area contributed by atoms with Crippen LogP contribution in [0.3, 0.4) is 0 Å². The summed E-state index contributed by atoms with van der Waals surface area (Å²) in [6.07, 6.45) is 5.21. The van der Waals surface area contributed by atoms with Gasteiger partial charge in [0.25, 0.3) is 0 Å². The molecule has 1 aromatic heterocycles. The Morgan fingerprint density at radius 3 is 2.77 bits per heavy atom. The predicted octanol–water partition coefficient (Wildman–Crippen LogP) is 2.56. The zero-order valence-corrected chi connectivity index (χ0v) is 14.1. The van der Waals surface area contributed by atoms with Crippen LogP contribution in [0.15, 0.2) is 0 Å². The van der Waals surface area contributed by atoms with Crippen molar-refractivity contribution in [3.8, 4) is 0 Å². The summed E-state index contributed by atoms with van der Waals surface area (Å²) in [5.41, 5.74) is 2.09. The van der Waals surface area contributed by atoms with Crippen molar-refractivity contribution in [3.05, 3.63) is 11.4 Å². The summed E-state index contributed by atoms with van der Waals surface area (Å²) in [5, 5.41) is 11.5. The van der Waals surface area contributed by atoms with Crippen LogP contribution in [-0.2, 0) is 16.0 Å². The highest BCUT2D eigenvalue weighted by Gasteiger charge is 2.25. The average Bonchev–Trinajstić information content (AvgIpc) is 2.80. The highest BCUT2D eigenvalue weighted by Crippen LogP contribution is 2.30. The fourth-order valence-corrected chi connectivity index (χ4v) is 2.87. The van der Waals surface area contributed by atoms with Crippen molar-refractivity contribution in [2.45, 2.75) is 78.0 Å². The van der Waals surface area contributed by atoms with Gasteiger partial charge in [-0.15, -0.1) is 5.10 Å². The van der Waals surface area contributed by atoms with Crippen LogP contribution in [0.1, 0.15) is 76.9 Å². The Balaban J connectivity index is 2.10. The van der Waals surface area contributed by atoms with E-state index in [0.29, 0.717) is 6.04 Å². The maximum Gasteiger partial charge on any atom is 0.246 e. The fraction of sp³-hybridized carbons (Fsp3) is 0.812. The highest BCUT2D eigenvalue weighted by atomic mass is 16.5. The summed E-state index contributed by atoms with van der Waals surface area (Å²) in [7, 11) is 0. The van der Waals surface area contributed by atoms with Crippen LogP contribution in [0, 0.1) is 0 Å². The van der Waals surface area contributed by atoms with Crippen LogP contribution in [0.25, 0.3) is 0 Å². The van der Waals surface area contributed by atoms with Crippen molar-refractivity contribution in [1.82, 2.24) is 20.3 Å². The van der Waals surface area contributed by atoms with Crippen molar-refractivity contribution in [2.24, 2.45) is 0 Å². The second-order valence-electron chi connectivity index (χ2n) is 6.58. The first-order valence-corrected chi connectivity index (χ1v) is 8.34. The monoisotopic (exact) mass is 308 g/mol. The molecule has 6 nitrogen and oxygen atoms in total. The molecule has 1 atom stereocenters. The SMILES string of the molecule is CC(C)NC(=O)COC1CCCCCc2c1nnn2C(C)C. The molecular formula is C16H28N4O2. The molecule has 1 aliphatic carbocycles. The molecule has 0 aromatic carbocycles. The van der Waals surface area contributed by atoms with E-state index in [-0.39, 0.29) is 24.7 Å². The van der Waals surface area contributed by atoms with E-state index < -0.39 is 0 Å². The number of nitrogens with zero attached hydrogens (tertiary/aromatic N) is 3. The number of carbonyl (C=O) groups excluding carboxylic acids is 1. The molecule has 22 heavy (non-hydrogen) atoms. The van der Waals surface area contributed by atoms with Gasteiger partial charge in [0, 0.05) is 12.1 Å². The van der Waals surface area contributed by atoms with E-state index >= 15 is 0 Å². The van der Waals surface area contributed by atoms with Gasteiger partial charge in [0.05, 0.1) is 5.69 Å². The lowest BCUT2D eigenvalue weighted by atomic mass is 9.98. The summed E-state index contributed by atoms with van der Waals surface area (Å²) in [5.74, 6) is -0.0742. The molecule has 1 unspecified atom stereocenters. The number of rotatable bonds is 5. The van der Waals surface area contributed by atoms with Crippen LogP contribution < -0.4 is 5.32 Å². The summed E-state index contributed by atoms with van der Waals surface area (Å²) in [6, 6.07) is 0.423. The number of fused-ring (bicyclic) bond motifs is 1. The zero-order chi connectivity index (χ0) is 16.1. The third kappa shape index (κ3) is 4.29. The van der Waals surface area contributed by atoms with E-state index in [0.717, 1.165) is 31.4 Å². The first-order valence-electron chi connectivity index (χ1n) is 8.34. The first kappa shape index (κ1) is 16.9. The number of hydrogen-bond donors (Lipinski definition) is 1. The Hall–Kier alpha value is -1.43. The van der Waals surface area contributed by atoms with E-state index in [1.54, 1.807) is 0 Å². The van der Waals surface area contributed by atoms with E-state index in [9.17, 15) is 4.79 Å². The minimum absolute atomic E-state index is 0.0742. The van der Waals surface area contributed by atoms with Crippen molar-refractivity contribution in [2.75, 3.05) is 6.61 Å². The molecule has 0 bridgehead atoms. The second kappa shape index (κ2) is 7.72. The largest absolute Gasteiger partial charge is 0.362 e. The van der Waals surface area contributed by atoms with Crippen LogP contribution in [0.5, 0.6) is 0 Å². The molecule has 124 valence electrons. The van der Waals surface area contributed by atoms with Crippen molar-refractivity contribution >= 4 is 5.91 Å². The summed E-state index contributed by atoms with van der Waals surface area (Å²) in [4.78, 5) is 11.8. The number of aromatic nitrogens is 3. The average molecular weight is 308 g/mol. The highest BCUT2D eigenvalue weighted by molar-refractivity contribution is 5.77. The predicted molar refractivity (Wildman–Crippen MR) is 84.6 cm³/mol. The second-order valence-corrected chi connectivity index (χ2v) is 6.58. The molecule has 1 N–H and O–H groups in total. The molecule has 1 aromatic rings. The maximum atomic E-state index is 11.8. The molecule has 0 fully saturated rings. The summed E-state index contributed by atoms with van der Waals surface area (Å²) in [6.45, 7) is 8.19. The first-order chi connectivity index (χ1) is 10.5. The molecule has 0 saturated heterocycles. The van der Waals surface area contributed by atoms with E-state index in [4.69, 9.17) is 4.74 Å². The molecule has 0 saturated carbocycles. The van der Waals surface area contributed by atoms with Gasteiger partial charge in [-0.3, -0.25) is 4.79 Å².